The number of benzene rings is 8. The smallest absolute Gasteiger partial charge is 0.137 e. The summed E-state index contributed by atoms with van der Waals surface area (Å²) in [7, 11) is 0. The number of nitrogens with zero attached hydrogens (tertiary/aromatic N) is 2. The third-order valence-corrected chi connectivity index (χ3v) is 12.1. The van der Waals surface area contributed by atoms with Crippen LogP contribution in [0.15, 0.2) is 179 Å². The van der Waals surface area contributed by atoms with Crippen LogP contribution in [0.2, 0.25) is 0 Å². The van der Waals surface area contributed by atoms with E-state index in [-0.39, 0.29) is 0 Å². The van der Waals surface area contributed by atoms with Gasteiger partial charge in [-0.15, -0.1) is 0 Å². The van der Waals surface area contributed by atoms with Crippen LogP contribution < -0.4 is 0 Å². The maximum Gasteiger partial charge on any atom is 0.137 e. The molecule has 12 aromatic rings. The first-order valence-electron chi connectivity index (χ1n) is 20.1. The number of fused-ring (bicyclic) bond motifs is 12. The summed E-state index contributed by atoms with van der Waals surface area (Å²) < 4.78 is 17.4. The van der Waals surface area contributed by atoms with Gasteiger partial charge in [-0.1, -0.05) is 103 Å². The molecule has 4 heterocycles. The maximum absolute atomic E-state index is 6.29. The summed E-state index contributed by atoms with van der Waals surface area (Å²) in [6.07, 6.45) is 5.64. The Kier molecular flexibility index (Phi) is 7.21. The van der Waals surface area contributed by atoms with Crippen molar-refractivity contribution >= 4 is 87.5 Å². The van der Waals surface area contributed by atoms with Gasteiger partial charge in [-0.25, -0.2) is 0 Å². The average molecular weight is 735 g/mol. The van der Waals surface area contributed by atoms with Crippen LogP contribution >= 0.6 is 0 Å². The first-order valence-corrected chi connectivity index (χ1v) is 20.1. The fraction of sp³-hybridized carbons (Fsp3) is 0.0943. The summed E-state index contributed by atoms with van der Waals surface area (Å²) in [6, 6.07) is 61.3. The lowest BCUT2D eigenvalue weighted by Gasteiger charge is -2.10. The number of aromatic nitrogens is 2. The molecule has 57 heavy (non-hydrogen) atoms. The van der Waals surface area contributed by atoms with Crippen LogP contribution in [0.4, 0.5) is 0 Å². The van der Waals surface area contributed by atoms with Crippen molar-refractivity contribution in [2.45, 2.75) is 32.1 Å². The number of para-hydroxylation sites is 4. The molecular formula is C53H38N2O2. The van der Waals surface area contributed by atoms with Gasteiger partial charge in [0.2, 0.25) is 0 Å². The van der Waals surface area contributed by atoms with Gasteiger partial charge in [0.15, 0.2) is 0 Å². The number of aryl methyl sites for hydroxylation is 2. The van der Waals surface area contributed by atoms with E-state index in [2.05, 4.69) is 167 Å². The Balaban J connectivity index is 0.811. The Morgan fingerprint density at radius 1 is 0.316 bits per heavy atom. The highest BCUT2D eigenvalue weighted by Gasteiger charge is 2.19. The van der Waals surface area contributed by atoms with E-state index in [4.69, 9.17) is 8.83 Å². The highest BCUT2D eigenvalue weighted by molar-refractivity contribution is 6.16. The molecule has 272 valence electrons. The Morgan fingerprint density at radius 2 is 0.719 bits per heavy atom. The monoisotopic (exact) mass is 734 g/mol. The van der Waals surface area contributed by atoms with Crippen LogP contribution in [-0.4, -0.2) is 9.13 Å². The topological polar surface area (TPSA) is 36.1 Å². The second-order valence-corrected chi connectivity index (χ2v) is 15.5. The van der Waals surface area contributed by atoms with E-state index in [0.29, 0.717) is 0 Å². The molecule has 8 aromatic carbocycles. The lowest BCUT2D eigenvalue weighted by atomic mass is 10.0. The van der Waals surface area contributed by atoms with Crippen molar-refractivity contribution in [3.05, 3.63) is 181 Å². The van der Waals surface area contributed by atoms with Gasteiger partial charge in [-0.2, -0.15) is 0 Å². The van der Waals surface area contributed by atoms with Crippen LogP contribution in [0.1, 0.15) is 30.4 Å². The normalized spacial score (nSPS) is 12.2. The van der Waals surface area contributed by atoms with Crippen molar-refractivity contribution in [1.82, 2.24) is 9.13 Å². The van der Waals surface area contributed by atoms with Crippen LogP contribution in [0, 0.1) is 0 Å². The second-order valence-electron chi connectivity index (χ2n) is 15.5. The van der Waals surface area contributed by atoms with Crippen LogP contribution in [-0.2, 0) is 12.8 Å². The van der Waals surface area contributed by atoms with Gasteiger partial charge in [0.1, 0.15) is 22.3 Å². The molecule has 0 unspecified atom stereocenters. The molecule has 0 aliphatic heterocycles. The van der Waals surface area contributed by atoms with E-state index >= 15 is 0 Å². The SMILES string of the molecule is c1ccc2c(c1)oc1cccc(-n3c4ccccc4c4cc(CCCCCc5ccc6c(c5)c5ccccc5n6-c5cccc6oc7ccccc7c56)ccc43)c12. The van der Waals surface area contributed by atoms with Gasteiger partial charge in [-0.05, 0) is 110 Å². The quantitative estimate of drug-likeness (QED) is 0.146. The van der Waals surface area contributed by atoms with Gasteiger partial charge in [0.25, 0.3) is 0 Å². The predicted molar refractivity (Wildman–Crippen MR) is 237 cm³/mol. The van der Waals surface area contributed by atoms with E-state index < -0.39 is 0 Å². The fourth-order valence-electron chi connectivity index (χ4n) is 9.59. The maximum atomic E-state index is 6.29. The molecule has 0 aliphatic carbocycles. The van der Waals surface area contributed by atoms with Gasteiger partial charge >= 0.3 is 0 Å². The molecule has 0 saturated heterocycles. The molecule has 4 aromatic heterocycles. The zero-order valence-corrected chi connectivity index (χ0v) is 31.4. The third-order valence-electron chi connectivity index (χ3n) is 12.1. The molecule has 0 atom stereocenters. The largest absolute Gasteiger partial charge is 0.456 e. The van der Waals surface area contributed by atoms with Gasteiger partial charge in [0, 0.05) is 32.3 Å². The molecular weight excluding hydrogens is 697 g/mol. The predicted octanol–water partition coefficient (Wildman–Crippen LogP) is 14.6. The minimum Gasteiger partial charge on any atom is -0.456 e. The minimum atomic E-state index is 0.917. The molecule has 0 spiro atoms. The van der Waals surface area contributed by atoms with Gasteiger partial charge < -0.3 is 18.0 Å². The first kappa shape index (κ1) is 32.2. The van der Waals surface area contributed by atoms with Crippen molar-refractivity contribution in [3.63, 3.8) is 0 Å². The van der Waals surface area contributed by atoms with E-state index in [1.54, 1.807) is 0 Å². The van der Waals surface area contributed by atoms with Crippen LogP contribution in [0.25, 0.3) is 98.9 Å². The molecule has 0 radical (unpaired) electrons. The lowest BCUT2D eigenvalue weighted by Crippen LogP contribution is -1.95. The minimum absolute atomic E-state index is 0.917. The summed E-state index contributed by atoms with van der Waals surface area (Å²) in [5.41, 5.74) is 13.7. The Labute approximate surface area is 328 Å². The van der Waals surface area contributed by atoms with Crippen molar-refractivity contribution in [1.29, 1.82) is 0 Å². The van der Waals surface area contributed by atoms with Gasteiger partial charge in [0.05, 0.1) is 44.2 Å². The van der Waals surface area contributed by atoms with Crippen LogP contribution in [0.3, 0.4) is 0 Å². The molecule has 4 nitrogen and oxygen atoms in total. The zero-order valence-electron chi connectivity index (χ0n) is 31.4. The summed E-state index contributed by atoms with van der Waals surface area (Å²) >= 11 is 0. The Bertz CT molecular complexity index is 3280. The molecule has 0 saturated carbocycles. The number of rotatable bonds is 8. The standard InChI is InChI=1S/C53H38N2O2/c1(2-14-34-28-30-44-40(32-34)36-16-4-8-20-42(36)54(44)46-22-12-26-50-52(46)38-18-6-10-24-48(38)56-50)3-15-35-29-31-45-41(33-35)37-17-5-9-21-43(37)55(45)47-23-13-27-51-53(47)39-19-7-11-25-49(39)57-51/h4-13,16-33H,1-3,14-15H2. The van der Waals surface area contributed by atoms with Crippen molar-refractivity contribution in [3.8, 4) is 11.4 Å². The first-order chi connectivity index (χ1) is 28.3. The summed E-state index contributed by atoms with van der Waals surface area (Å²) in [5.74, 6) is 0. The molecule has 0 aliphatic rings. The second kappa shape index (κ2) is 12.8. The summed E-state index contributed by atoms with van der Waals surface area (Å²) in [4.78, 5) is 0. The van der Waals surface area contributed by atoms with Crippen molar-refractivity contribution < 1.29 is 8.83 Å². The van der Waals surface area contributed by atoms with E-state index in [0.717, 1.165) is 80.9 Å². The summed E-state index contributed by atoms with van der Waals surface area (Å²) in [6.45, 7) is 0. The molecule has 12 rings (SSSR count). The Morgan fingerprint density at radius 3 is 1.21 bits per heavy atom. The van der Waals surface area contributed by atoms with Crippen LogP contribution in [0.5, 0.6) is 0 Å². The number of unbranched alkanes of at least 4 members (excludes halogenated alkanes) is 2. The third kappa shape index (κ3) is 5.00. The average Bonchev–Trinajstić information content (AvgIpc) is 4.01. The number of furan rings is 2. The highest BCUT2D eigenvalue weighted by atomic mass is 16.3. The fourth-order valence-corrected chi connectivity index (χ4v) is 9.59. The van der Waals surface area contributed by atoms with Crippen molar-refractivity contribution in [2.24, 2.45) is 0 Å². The molecule has 0 fully saturated rings. The van der Waals surface area contributed by atoms with Crippen molar-refractivity contribution in [2.75, 3.05) is 0 Å². The number of hydrogen-bond acceptors (Lipinski definition) is 2. The number of hydrogen-bond donors (Lipinski definition) is 0. The zero-order chi connectivity index (χ0) is 37.5. The Hall–Kier alpha value is -7.04. The highest BCUT2D eigenvalue weighted by Crippen LogP contribution is 2.41. The summed E-state index contributed by atoms with van der Waals surface area (Å²) in [5, 5.41) is 9.78. The van der Waals surface area contributed by atoms with E-state index in [9.17, 15) is 0 Å². The molecule has 0 bridgehead atoms. The van der Waals surface area contributed by atoms with E-state index in [1.807, 2.05) is 12.1 Å². The lowest BCUT2D eigenvalue weighted by molar-refractivity contribution is 0.668. The van der Waals surface area contributed by atoms with E-state index in [1.165, 1.54) is 61.2 Å². The molecule has 0 N–H and O–H groups in total. The van der Waals surface area contributed by atoms with Gasteiger partial charge in [-0.3, -0.25) is 0 Å². The molecule has 4 heteroatoms. The molecule has 0 amide bonds.